The molecular formula is C14H16N4OS. The van der Waals surface area contributed by atoms with Gasteiger partial charge in [0.05, 0.1) is 11.4 Å². The van der Waals surface area contributed by atoms with Gasteiger partial charge in [0.1, 0.15) is 6.54 Å². The molecule has 0 bridgehead atoms. The third kappa shape index (κ3) is 3.95. The Morgan fingerprint density at radius 3 is 3.15 bits per heavy atom. The first kappa shape index (κ1) is 14.3. The molecule has 20 heavy (non-hydrogen) atoms. The molecule has 2 aromatic heterocycles. The molecule has 0 saturated heterocycles. The number of amides is 1. The third-order valence-corrected chi connectivity index (χ3v) is 3.56. The van der Waals surface area contributed by atoms with E-state index in [1.54, 1.807) is 46.4 Å². The fourth-order valence-electron chi connectivity index (χ4n) is 1.68. The first-order valence-corrected chi connectivity index (χ1v) is 7.04. The SMILES string of the molecule is CN(Cc1csc(C#CCN)c1)C(=O)Cn1cccn1. The number of likely N-dealkylation sites (N-methyl/N-ethyl adjacent to an activating group) is 1. The van der Waals surface area contributed by atoms with Gasteiger partial charge >= 0.3 is 0 Å². The molecule has 0 radical (unpaired) electrons. The Labute approximate surface area is 122 Å². The van der Waals surface area contributed by atoms with Crippen molar-refractivity contribution >= 4 is 17.2 Å². The summed E-state index contributed by atoms with van der Waals surface area (Å²) in [5.74, 6) is 5.83. The van der Waals surface area contributed by atoms with Crippen molar-refractivity contribution < 1.29 is 4.79 Å². The lowest BCUT2D eigenvalue weighted by atomic mass is 10.3. The molecule has 0 aliphatic heterocycles. The molecule has 2 aromatic rings. The Kier molecular flexibility index (Phi) is 4.93. The van der Waals surface area contributed by atoms with Crippen LogP contribution in [0.4, 0.5) is 0 Å². The largest absolute Gasteiger partial charge is 0.340 e. The minimum Gasteiger partial charge on any atom is -0.340 e. The van der Waals surface area contributed by atoms with E-state index in [2.05, 4.69) is 16.9 Å². The number of hydrogen-bond acceptors (Lipinski definition) is 4. The monoisotopic (exact) mass is 288 g/mol. The van der Waals surface area contributed by atoms with Crippen molar-refractivity contribution in [3.8, 4) is 11.8 Å². The van der Waals surface area contributed by atoms with E-state index in [1.807, 2.05) is 11.4 Å². The Morgan fingerprint density at radius 1 is 1.60 bits per heavy atom. The van der Waals surface area contributed by atoms with Gasteiger partial charge in [0.2, 0.25) is 5.91 Å². The molecule has 5 nitrogen and oxygen atoms in total. The lowest BCUT2D eigenvalue weighted by Crippen LogP contribution is -2.29. The van der Waals surface area contributed by atoms with Crippen LogP contribution in [0.15, 0.2) is 29.9 Å². The number of nitrogens with zero attached hydrogens (tertiary/aromatic N) is 3. The molecule has 0 aliphatic rings. The van der Waals surface area contributed by atoms with E-state index < -0.39 is 0 Å². The third-order valence-electron chi connectivity index (χ3n) is 2.67. The number of rotatable bonds is 4. The quantitative estimate of drug-likeness (QED) is 0.851. The molecule has 1 amide bonds. The van der Waals surface area contributed by atoms with Crippen LogP contribution < -0.4 is 5.73 Å². The Balaban J connectivity index is 1.92. The highest BCUT2D eigenvalue weighted by Crippen LogP contribution is 2.15. The Bertz CT molecular complexity index is 621. The zero-order valence-corrected chi connectivity index (χ0v) is 12.1. The second-order valence-electron chi connectivity index (χ2n) is 4.28. The Hall–Kier alpha value is -2.10. The highest BCUT2D eigenvalue weighted by atomic mass is 32.1. The van der Waals surface area contributed by atoms with Gasteiger partial charge < -0.3 is 10.6 Å². The van der Waals surface area contributed by atoms with Crippen molar-refractivity contribution in [2.45, 2.75) is 13.1 Å². The van der Waals surface area contributed by atoms with Crippen LogP contribution in [0.25, 0.3) is 0 Å². The molecule has 0 atom stereocenters. The minimum absolute atomic E-state index is 0.0227. The number of carbonyl (C=O) groups is 1. The van der Waals surface area contributed by atoms with Crippen LogP contribution in [0.3, 0.4) is 0 Å². The van der Waals surface area contributed by atoms with Crippen LogP contribution in [0, 0.1) is 11.8 Å². The van der Waals surface area contributed by atoms with Gasteiger partial charge in [-0.15, -0.1) is 11.3 Å². The van der Waals surface area contributed by atoms with E-state index in [4.69, 9.17) is 5.73 Å². The minimum atomic E-state index is 0.0227. The summed E-state index contributed by atoms with van der Waals surface area (Å²) in [7, 11) is 1.79. The average molecular weight is 288 g/mol. The molecule has 0 aliphatic carbocycles. The molecular weight excluding hydrogens is 272 g/mol. The molecule has 2 N–H and O–H groups in total. The van der Waals surface area contributed by atoms with E-state index >= 15 is 0 Å². The van der Waals surface area contributed by atoms with Crippen LogP contribution >= 0.6 is 11.3 Å². The lowest BCUT2D eigenvalue weighted by Gasteiger charge is -2.16. The van der Waals surface area contributed by atoms with Crippen LogP contribution in [-0.4, -0.2) is 34.2 Å². The predicted molar refractivity (Wildman–Crippen MR) is 79.0 cm³/mol. The van der Waals surface area contributed by atoms with Gasteiger partial charge in [-0.25, -0.2) is 0 Å². The van der Waals surface area contributed by atoms with Crippen molar-refractivity contribution in [3.05, 3.63) is 40.3 Å². The van der Waals surface area contributed by atoms with E-state index in [1.165, 1.54) is 0 Å². The summed E-state index contributed by atoms with van der Waals surface area (Å²) in [5, 5.41) is 6.04. The van der Waals surface area contributed by atoms with E-state index in [0.717, 1.165) is 10.4 Å². The summed E-state index contributed by atoms with van der Waals surface area (Å²) in [6, 6.07) is 3.79. The van der Waals surface area contributed by atoms with Crippen molar-refractivity contribution in [3.63, 3.8) is 0 Å². The zero-order valence-electron chi connectivity index (χ0n) is 11.2. The maximum atomic E-state index is 12.0. The van der Waals surface area contributed by atoms with Crippen LogP contribution in [0.1, 0.15) is 10.4 Å². The number of hydrogen-bond donors (Lipinski definition) is 1. The standard InChI is InChI=1S/C14H16N4OS/c1-17(14(19)10-18-7-3-6-16-18)9-12-8-13(20-11-12)4-2-5-15/h3,6-8,11H,5,9-10,15H2,1H3. The summed E-state index contributed by atoms with van der Waals surface area (Å²) in [6.45, 7) is 1.18. The molecule has 6 heteroatoms. The molecule has 2 heterocycles. The smallest absolute Gasteiger partial charge is 0.244 e. The van der Waals surface area contributed by atoms with E-state index in [9.17, 15) is 4.79 Å². The van der Waals surface area contributed by atoms with E-state index in [-0.39, 0.29) is 12.5 Å². The van der Waals surface area contributed by atoms with Crippen LogP contribution in [-0.2, 0) is 17.9 Å². The summed E-state index contributed by atoms with van der Waals surface area (Å²) >= 11 is 1.56. The molecule has 0 spiro atoms. The van der Waals surface area contributed by atoms with Crippen molar-refractivity contribution in [1.29, 1.82) is 0 Å². The van der Waals surface area contributed by atoms with E-state index in [0.29, 0.717) is 13.1 Å². The summed E-state index contributed by atoms with van der Waals surface area (Å²) in [5.41, 5.74) is 6.41. The molecule has 0 saturated carbocycles. The highest BCUT2D eigenvalue weighted by Gasteiger charge is 2.11. The summed E-state index contributed by atoms with van der Waals surface area (Å²) in [4.78, 5) is 14.7. The maximum Gasteiger partial charge on any atom is 0.244 e. The average Bonchev–Trinajstić information content (AvgIpc) is 3.08. The van der Waals surface area contributed by atoms with Crippen LogP contribution in [0.5, 0.6) is 0 Å². The van der Waals surface area contributed by atoms with Crippen molar-refractivity contribution in [1.82, 2.24) is 14.7 Å². The fraction of sp³-hybridized carbons (Fsp3) is 0.286. The Morgan fingerprint density at radius 2 is 2.45 bits per heavy atom. The lowest BCUT2D eigenvalue weighted by molar-refractivity contribution is -0.131. The number of thiophene rings is 1. The normalized spacial score (nSPS) is 9.90. The highest BCUT2D eigenvalue weighted by molar-refractivity contribution is 7.10. The molecule has 104 valence electrons. The number of nitrogens with two attached hydrogens (primary N) is 1. The van der Waals surface area contributed by atoms with Gasteiger partial charge in [-0.05, 0) is 23.1 Å². The first-order valence-electron chi connectivity index (χ1n) is 6.17. The summed E-state index contributed by atoms with van der Waals surface area (Å²) < 4.78 is 1.62. The maximum absolute atomic E-state index is 12.0. The second kappa shape index (κ2) is 6.89. The van der Waals surface area contributed by atoms with Crippen molar-refractivity contribution in [2.75, 3.05) is 13.6 Å². The zero-order chi connectivity index (χ0) is 14.4. The second-order valence-corrected chi connectivity index (χ2v) is 5.19. The van der Waals surface area contributed by atoms with Crippen molar-refractivity contribution in [2.24, 2.45) is 5.73 Å². The van der Waals surface area contributed by atoms with Gasteiger partial charge in [-0.1, -0.05) is 11.8 Å². The van der Waals surface area contributed by atoms with Gasteiger partial charge in [0.25, 0.3) is 0 Å². The first-order chi connectivity index (χ1) is 9.69. The van der Waals surface area contributed by atoms with Gasteiger partial charge in [0, 0.05) is 26.0 Å². The topological polar surface area (TPSA) is 64.2 Å². The number of aromatic nitrogens is 2. The molecule has 0 aromatic carbocycles. The van der Waals surface area contributed by atoms with Gasteiger partial charge in [0.15, 0.2) is 0 Å². The summed E-state index contributed by atoms with van der Waals surface area (Å²) in [6.07, 6.45) is 3.44. The van der Waals surface area contributed by atoms with Gasteiger partial charge in [-0.2, -0.15) is 5.10 Å². The molecule has 0 unspecified atom stereocenters. The van der Waals surface area contributed by atoms with Gasteiger partial charge in [-0.3, -0.25) is 9.48 Å². The molecule has 0 fully saturated rings. The number of carbonyl (C=O) groups excluding carboxylic acids is 1. The molecule has 2 rings (SSSR count). The fourth-order valence-corrected chi connectivity index (χ4v) is 2.45. The van der Waals surface area contributed by atoms with Crippen LogP contribution in [0.2, 0.25) is 0 Å². The predicted octanol–water partition coefficient (Wildman–Crippen LogP) is 0.913.